The maximum atomic E-state index is 12.5. The molecule has 4 aliphatic carbocycles. The molecule has 0 saturated heterocycles. The molecule has 4 aliphatic rings. The average Bonchev–Trinajstić information content (AvgIpc) is 2.90. The van der Waals surface area contributed by atoms with Crippen LogP contribution in [0.2, 0.25) is 0 Å². The summed E-state index contributed by atoms with van der Waals surface area (Å²) in [7, 11) is 0. The van der Waals surface area contributed by atoms with Crippen molar-refractivity contribution >= 4 is 11.8 Å². The van der Waals surface area contributed by atoms with Crippen molar-refractivity contribution in [3.63, 3.8) is 0 Å². The number of hydrogen-bond acceptors (Lipinski definition) is 4. The first-order chi connectivity index (χ1) is 12.7. The summed E-state index contributed by atoms with van der Waals surface area (Å²) in [6.07, 6.45) is 10.3. The van der Waals surface area contributed by atoms with Gasteiger partial charge in [-0.1, -0.05) is 13.8 Å². The Morgan fingerprint density at radius 3 is 2.67 bits per heavy atom. The minimum atomic E-state index is -0.134. The molecule has 4 heteroatoms. The lowest BCUT2D eigenvalue weighted by atomic mass is 9.45. The maximum absolute atomic E-state index is 12.5. The third-order valence-corrected chi connectivity index (χ3v) is 9.11. The monoisotopic (exact) mass is 375 g/mol. The maximum Gasteiger partial charge on any atom is 0.307 e. The Kier molecular flexibility index (Phi) is 4.93. The number of ketones is 1. The number of ether oxygens (including phenoxy) is 1. The Labute approximate surface area is 164 Å². The van der Waals surface area contributed by atoms with Crippen molar-refractivity contribution in [2.45, 2.75) is 97.1 Å². The molecular formula is C23H37NO3. The minimum Gasteiger partial charge on any atom is -0.462 e. The lowest BCUT2D eigenvalue weighted by Crippen LogP contribution is -2.54. The van der Waals surface area contributed by atoms with E-state index in [1.54, 1.807) is 0 Å². The second-order valence-electron chi connectivity index (χ2n) is 10.6. The predicted octanol–water partition coefficient (Wildman–Crippen LogP) is 4.25. The average molecular weight is 376 g/mol. The highest BCUT2D eigenvalue weighted by Gasteiger charge is 2.60. The van der Waals surface area contributed by atoms with Crippen LogP contribution >= 0.6 is 0 Å². The molecule has 4 fully saturated rings. The summed E-state index contributed by atoms with van der Waals surface area (Å²) in [5.74, 6) is 3.15. The van der Waals surface area contributed by atoms with E-state index in [4.69, 9.17) is 10.5 Å². The molecule has 27 heavy (non-hydrogen) atoms. The van der Waals surface area contributed by atoms with Crippen LogP contribution in [0.1, 0.15) is 85.0 Å². The molecule has 7 unspecified atom stereocenters. The lowest BCUT2D eigenvalue weighted by molar-refractivity contribution is -0.162. The molecule has 0 heterocycles. The van der Waals surface area contributed by atoms with Crippen molar-refractivity contribution in [1.29, 1.82) is 0 Å². The Morgan fingerprint density at radius 2 is 1.93 bits per heavy atom. The molecule has 0 bridgehead atoms. The molecule has 0 aromatic carbocycles. The van der Waals surface area contributed by atoms with Crippen molar-refractivity contribution in [3.8, 4) is 0 Å². The number of carbonyl (C=O) groups is 2. The third kappa shape index (κ3) is 3.16. The summed E-state index contributed by atoms with van der Waals surface area (Å²) in [4.78, 5) is 24.6. The molecule has 0 aliphatic heterocycles. The Morgan fingerprint density at radius 1 is 1.15 bits per heavy atom. The summed E-state index contributed by atoms with van der Waals surface area (Å²) < 4.78 is 5.77. The number of esters is 1. The van der Waals surface area contributed by atoms with E-state index in [0.717, 1.165) is 50.4 Å². The molecule has 0 spiro atoms. The van der Waals surface area contributed by atoms with Gasteiger partial charge >= 0.3 is 5.97 Å². The number of nitrogens with two attached hydrogens (primary N) is 1. The summed E-state index contributed by atoms with van der Waals surface area (Å²) in [6.45, 7) is 6.62. The lowest BCUT2D eigenvalue weighted by Gasteiger charge is -2.60. The van der Waals surface area contributed by atoms with Crippen LogP contribution in [0.25, 0.3) is 0 Å². The van der Waals surface area contributed by atoms with Gasteiger partial charge in [0, 0.05) is 17.9 Å². The van der Waals surface area contributed by atoms with E-state index < -0.39 is 0 Å². The van der Waals surface area contributed by atoms with Gasteiger partial charge in [0.05, 0.1) is 6.42 Å². The first-order valence-electron chi connectivity index (χ1n) is 11.2. The fraction of sp³-hybridized carbons (Fsp3) is 0.913. The summed E-state index contributed by atoms with van der Waals surface area (Å²) in [6, 6.07) is -0.132. The third-order valence-electron chi connectivity index (χ3n) is 9.11. The first-order valence-corrected chi connectivity index (χ1v) is 11.2. The van der Waals surface area contributed by atoms with Gasteiger partial charge in [-0.05, 0) is 87.4 Å². The molecule has 8 atom stereocenters. The molecule has 0 aromatic rings. The zero-order chi connectivity index (χ0) is 19.4. The van der Waals surface area contributed by atoms with Crippen LogP contribution in [0.15, 0.2) is 0 Å². The Hall–Kier alpha value is -0.900. The van der Waals surface area contributed by atoms with Crippen LogP contribution in [-0.4, -0.2) is 23.9 Å². The Balaban J connectivity index is 1.45. The fourth-order valence-corrected chi connectivity index (χ4v) is 7.59. The van der Waals surface area contributed by atoms with E-state index in [2.05, 4.69) is 13.8 Å². The molecule has 4 saturated carbocycles. The van der Waals surface area contributed by atoms with Crippen molar-refractivity contribution in [3.05, 3.63) is 0 Å². The highest BCUT2D eigenvalue weighted by Crippen LogP contribution is 2.65. The van der Waals surface area contributed by atoms with Gasteiger partial charge in [-0.15, -0.1) is 0 Å². The molecule has 4 rings (SSSR count). The van der Waals surface area contributed by atoms with E-state index in [1.807, 2.05) is 6.92 Å². The van der Waals surface area contributed by atoms with Gasteiger partial charge in [0.25, 0.3) is 0 Å². The summed E-state index contributed by atoms with van der Waals surface area (Å²) in [5, 5.41) is 0. The predicted molar refractivity (Wildman–Crippen MR) is 105 cm³/mol. The standard InChI is InChI=1S/C23H37NO3/c1-14(24)12-21(26)27-16-8-10-22(2)15(13-16)4-5-17-18-6-7-20(25)23(18,3)11-9-19(17)22/h14-19H,4-13,24H2,1-3H3/t14-,15?,16?,17?,18?,19?,22?,23?/m0/s1. The van der Waals surface area contributed by atoms with Gasteiger partial charge in [-0.2, -0.15) is 0 Å². The van der Waals surface area contributed by atoms with Gasteiger partial charge in [-0.25, -0.2) is 0 Å². The largest absolute Gasteiger partial charge is 0.462 e. The van der Waals surface area contributed by atoms with E-state index in [0.29, 0.717) is 29.5 Å². The smallest absolute Gasteiger partial charge is 0.307 e. The Bertz CT molecular complexity index is 617. The second-order valence-corrected chi connectivity index (χ2v) is 10.6. The van der Waals surface area contributed by atoms with Crippen LogP contribution in [0.4, 0.5) is 0 Å². The topological polar surface area (TPSA) is 69.4 Å². The van der Waals surface area contributed by atoms with E-state index in [9.17, 15) is 9.59 Å². The number of rotatable bonds is 3. The van der Waals surface area contributed by atoms with Crippen LogP contribution in [0.3, 0.4) is 0 Å². The van der Waals surface area contributed by atoms with Crippen LogP contribution < -0.4 is 5.73 Å². The number of hydrogen-bond donors (Lipinski definition) is 1. The van der Waals surface area contributed by atoms with Gasteiger partial charge in [0.1, 0.15) is 11.9 Å². The summed E-state index contributed by atoms with van der Waals surface area (Å²) >= 11 is 0. The molecule has 0 radical (unpaired) electrons. The normalized spacial score (nSPS) is 47.6. The molecular weight excluding hydrogens is 338 g/mol. The van der Waals surface area contributed by atoms with Crippen molar-refractivity contribution in [2.75, 3.05) is 0 Å². The molecule has 4 nitrogen and oxygen atoms in total. The van der Waals surface area contributed by atoms with E-state index >= 15 is 0 Å². The zero-order valence-electron chi connectivity index (χ0n) is 17.3. The molecule has 152 valence electrons. The summed E-state index contributed by atoms with van der Waals surface area (Å²) in [5.41, 5.74) is 6.07. The van der Waals surface area contributed by atoms with Gasteiger partial charge in [0.2, 0.25) is 0 Å². The molecule has 0 aromatic heterocycles. The number of carbonyl (C=O) groups excluding carboxylic acids is 2. The van der Waals surface area contributed by atoms with E-state index in [-0.39, 0.29) is 23.5 Å². The molecule has 2 N–H and O–H groups in total. The highest BCUT2D eigenvalue weighted by atomic mass is 16.5. The van der Waals surface area contributed by atoms with Gasteiger partial charge < -0.3 is 10.5 Å². The van der Waals surface area contributed by atoms with Gasteiger partial charge in [-0.3, -0.25) is 9.59 Å². The SMILES string of the molecule is C[C@H](N)CC(=O)OC1CCC2(C)C(CCC3C4CCC(=O)C4(C)CCC32)C1. The first kappa shape index (κ1) is 19.4. The van der Waals surface area contributed by atoms with Crippen LogP contribution in [-0.2, 0) is 14.3 Å². The quantitative estimate of drug-likeness (QED) is 0.749. The molecule has 0 amide bonds. The van der Waals surface area contributed by atoms with Gasteiger partial charge in [0.15, 0.2) is 0 Å². The highest BCUT2D eigenvalue weighted by molar-refractivity contribution is 5.87. The fourth-order valence-electron chi connectivity index (χ4n) is 7.59. The van der Waals surface area contributed by atoms with Crippen LogP contribution in [0, 0.1) is 34.5 Å². The second kappa shape index (κ2) is 6.86. The van der Waals surface area contributed by atoms with Crippen molar-refractivity contribution in [2.24, 2.45) is 40.2 Å². The number of Topliss-reactive ketones (excluding diaryl/α,β-unsaturated/α-hetero) is 1. The number of fused-ring (bicyclic) bond motifs is 5. The van der Waals surface area contributed by atoms with Crippen molar-refractivity contribution < 1.29 is 14.3 Å². The minimum absolute atomic E-state index is 0.0317. The van der Waals surface area contributed by atoms with Crippen LogP contribution in [0.5, 0.6) is 0 Å². The van der Waals surface area contributed by atoms with E-state index in [1.165, 1.54) is 19.3 Å². The van der Waals surface area contributed by atoms with Crippen molar-refractivity contribution in [1.82, 2.24) is 0 Å². The zero-order valence-corrected chi connectivity index (χ0v) is 17.3.